The molecule has 0 saturated heterocycles. The van der Waals surface area contributed by atoms with Gasteiger partial charge in [0, 0.05) is 18.7 Å². The molecule has 0 aliphatic rings. The zero-order valence-electron chi connectivity index (χ0n) is 11.6. The molecule has 0 saturated carbocycles. The van der Waals surface area contributed by atoms with E-state index in [1.165, 1.54) is 0 Å². The van der Waals surface area contributed by atoms with E-state index < -0.39 is 0 Å². The van der Waals surface area contributed by atoms with Gasteiger partial charge in [-0.1, -0.05) is 25.4 Å². The van der Waals surface area contributed by atoms with Crippen molar-refractivity contribution in [1.29, 1.82) is 0 Å². The van der Waals surface area contributed by atoms with Crippen LogP contribution in [0.4, 0.5) is 5.69 Å². The molecule has 1 amide bonds. The number of hydrogen-bond donors (Lipinski definition) is 2. The molecule has 5 heteroatoms. The zero-order valence-corrected chi connectivity index (χ0v) is 12.4. The topological polar surface area (TPSA) is 50.4 Å². The Morgan fingerprint density at radius 3 is 2.74 bits per heavy atom. The molecule has 0 aliphatic carbocycles. The molecule has 0 atom stereocenters. The summed E-state index contributed by atoms with van der Waals surface area (Å²) in [5, 5.41) is 6.51. The van der Waals surface area contributed by atoms with Crippen molar-refractivity contribution in [3.8, 4) is 5.75 Å². The average molecular weight is 285 g/mol. The van der Waals surface area contributed by atoms with E-state index in [0.717, 1.165) is 6.54 Å². The van der Waals surface area contributed by atoms with Crippen molar-refractivity contribution in [2.24, 2.45) is 5.92 Å². The van der Waals surface area contributed by atoms with Gasteiger partial charge in [0.2, 0.25) is 5.91 Å². The lowest BCUT2D eigenvalue weighted by Gasteiger charge is -2.09. The molecule has 0 radical (unpaired) electrons. The number of nitrogens with one attached hydrogen (secondary N) is 2. The maximum absolute atomic E-state index is 11.7. The standard InChI is InChI=1S/C14H21ClN2O2/c1-10(2)9-16-7-6-14(18)17-11-4-5-13(19-3)12(15)8-11/h4-5,8,10,16H,6-7,9H2,1-3H3,(H,17,18). The average Bonchev–Trinajstić information content (AvgIpc) is 2.35. The fourth-order valence-electron chi connectivity index (χ4n) is 1.56. The number of carbonyl (C=O) groups excluding carboxylic acids is 1. The second-order valence-electron chi connectivity index (χ2n) is 4.75. The van der Waals surface area contributed by atoms with Gasteiger partial charge in [-0.15, -0.1) is 0 Å². The van der Waals surface area contributed by atoms with Crippen LogP contribution in [0.25, 0.3) is 0 Å². The fourth-order valence-corrected chi connectivity index (χ4v) is 1.82. The Labute approximate surface area is 119 Å². The van der Waals surface area contributed by atoms with E-state index in [9.17, 15) is 4.79 Å². The van der Waals surface area contributed by atoms with Gasteiger partial charge >= 0.3 is 0 Å². The number of benzene rings is 1. The first kappa shape index (κ1) is 15.8. The fraction of sp³-hybridized carbons (Fsp3) is 0.500. The Balaban J connectivity index is 2.38. The molecule has 0 fully saturated rings. The van der Waals surface area contributed by atoms with E-state index in [4.69, 9.17) is 16.3 Å². The molecular formula is C14H21ClN2O2. The largest absolute Gasteiger partial charge is 0.495 e. The lowest BCUT2D eigenvalue weighted by molar-refractivity contribution is -0.116. The van der Waals surface area contributed by atoms with Gasteiger partial charge in [0.15, 0.2) is 0 Å². The Hall–Kier alpha value is -1.26. The zero-order chi connectivity index (χ0) is 14.3. The number of halogens is 1. The van der Waals surface area contributed by atoms with Crippen LogP contribution in [0.2, 0.25) is 5.02 Å². The minimum Gasteiger partial charge on any atom is -0.495 e. The van der Waals surface area contributed by atoms with Crippen LogP contribution in [0.5, 0.6) is 5.75 Å². The molecule has 0 aromatic heterocycles. The van der Waals surface area contributed by atoms with Gasteiger partial charge in [-0.05, 0) is 30.7 Å². The molecule has 1 rings (SSSR count). The molecule has 0 heterocycles. The predicted octanol–water partition coefficient (Wildman–Crippen LogP) is 2.92. The third-order valence-electron chi connectivity index (χ3n) is 2.52. The first-order valence-corrected chi connectivity index (χ1v) is 6.75. The summed E-state index contributed by atoms with van der Waals surface area (Å²) >= 11 is 5.99. The lowest BCUT2D eigenvalue weighted by Crippen LogP contribution is -2.24. The SMILES string of the molecule is COc1ccc(NC(=O)CCNCC(C)C)cc1Cl. The number of anilines is 1. The molecule has 0 bridgehead atoms. The van der Waals surface area contributed by atoms with Gasteiger partial charge in [-0.2, -0.15) is 0 Å². The van der Waals surface area contributed by atoms with Crippen LogP contribution in [-0.4, -0.2) is 26.1 Å². The number of ether oxygens (including phenoxy) is 1. The smallest absolute Gasteiger partial charge is 0.225 e. The van der Waals surface area contributed by atoms with Crippen molar-refractivity contribution in [2.75, 3.05) is 25.5 Å². The van der Waals surface area contributed by atoms with Crippen LogP contribution >= 0.6 is 11.6 Å². The highest BCUT2D eigenvalue weighted by atomic mass is 35.5. The van der Waals surface area contributed by atoms with Crippen LogP contribution in [-0.2, 0) is 4.79 Å². The molecule has 106 valence electrons. The van der Waals surface area contributed by atoms with Crippen LogP contribution < -0.4 is 15.4 Å². The second-order valence-corrected chi connectivity index (χ2v) is 5.15. The Kier molecular flexibility index (Phi) is 6.67. The Morgan fingerprint density at radius 1 is 1.42 bits per heavy atom. The molecule has 0 aliphatic heterocycles. The maximum atomic E-state index is 11.7. The van der Waals surface area contributed by atoms with Crippen molar-refractivity contribution >= 4 is 23.2 Å². The minimum absolute atomic E-state index is 0.0301. The van der Waals surface area contributed by atoms with E-state index in [1.54, 1.807) is 25.3 Å². The van der Waals surface area contributed by atoms with Crippen molar-refractivity contribution in [3.05, 3.63) is 23.2 Å². The van der Waals surface area contributed by atoms with Crippen LogP contribution in [0, 0.1) is 5.92 Å². The highest BCUT2D eigenvalue weighted by molar-refractivity contribution is 6.32. The van der Waals surface area contributed by atoms with Gasteiger partial charge in [0.25, 0.3) is 0 Å². The van der Waals surface area contributed by atoms with Crippen molar-refractivity contribution < 1.29 is 9.53 Å². The van der Waals surface area contributed by atoms with Gasteiger partial charge in [-0.3, -0.25) is 4.79 Å². The molecule has 19 heavy (non-hydrogen) atoms. The quantitative estimate of drug-likeness (QED) is 0.757. The summed E-state index contributed by atoms with van der Waals surface area (Å²) in [7, 11) is 1.56. The third-order valence-corrected chi connectivity index (χ3v) is 2.81. The number of rotatable bonds is 7. The molecule has 2 N–H and O–H groups in total. The summed E-state index contributed by atoms with van der Waals surface area (Å²) in [4.78, 5) is 11.7. The van der Waals surface area contributed by atoms with Crippen LogP contribution in [0.3, 0.4) is 0 Å². The predicted molar refractivity (Wildman–Crippen MR) is 79.0 cm³/mol. The van der Waals surface area contributed by atoms with Crippen LogP contribution in [0.1, 0.15) is 20.3 Å². The summed E-state index contributed by atoms with van der Waals surface area (Å²) in [6.45, 7) is 5.86. The molecule has 4 nitrogen and oxygen atoms in total. The first-order chi connectivity index (χ1) is 9.02. The van der Waals surface area contributed by atoms with E-state index >= 15 is 0 Å². The summed E-state index contributed by atoms with van der Waals surface area (Å²) in [5.41, 5.74) is 0.680. The third kappa shape index (κ3) is 5.94. The van der Waals surface area contributed by atoms with Crippen molar-refractivity contribution in [1.82, 2.24) is 5.32 Å². The first-order valence-electron chi connectivity index (χ1n) is 6.37. The van der Waals surface area contributed by atoms with Gasteiger partial charge < -0.3 is 15.4 Å². The van der Waals surface area contributed by atoms with Crippen LogP contribution in [0.15, 0.2) is 18.2 Å². The van der Waals surface area contributed by atoms with Gasteiger partial charge in [0.05, 0.1) is 12.1 Å². The lowest BCUT2D eigenvalue weighted by atomic mass is 10.2. The summed E-state index contributed by atoms with van der Waals surface area (Å²) in [6, 6.07) is 5.18. The molecule has 0 unspecified atom stereocenters. The monoisotopic (exact) mass is 284 g/mol. The second kappa shape index (κ2) is 8.02. The summed E-state index contributed by atoms with van der Waals surface area (Å²) < 4.78 is 5.05. The summed E-state index contributed by atoms with van der Waals surface area (Å²) in [5.74, 6) is 1.15. The number of amides is 1. The Bertz CT molecular complexity index is 422. The highest BCUT2D eigenvalue weighted by Crippen LogP contribution is 2.27. The number of methoxy groups -OCH3 is 1. The van der Waals surface area contributed by atoms with E-state index in [2.05, 4.69) is 24.5 Å². The van der Waals surface area contributed by atoms with E-state index in [-0.39, 0.29) is 5.91 Å². The molecular weight excluding hydrogens is 264 g/mol. The van der Waals surface area contributed by atoms with Gasteiger partial charge in [0.1, 0.15) is 5.75 Å². The number of hydrogen-bond acceptors (Lipinski definition) is 3. The molecule has 1 aromatic rings. The van der Waals surface area contributed by atoms with Crippen molar-refractivity contribution in [2.45, 2.75) is 20.3 Å². The van der Waals surface area contributed by atoms with Gasteiger partial charge in [-0.25, -0.2) is 0 Å². The van der Waals surface area contributed by atoms with E-state index in [0.29, 0.717) is 35.3 Å². The summed E-state index contributed by atoms with van der Waals surface area (Å²) in [6.07, 6.45) is 0.441. The Morgan fingerprint density at radius 2 is 2.16 bits per heavy atom. The number of carbonyl (C=O) groups is 1. The minimum atomic E-state index is -0.0301. The molecule has 0 spiro atoms. The maximum Gasteiger partial charge on any atom is 0.225 e. The highest BCUT2D eigenvalue weighted by Gasteiger charge is 2.05. The normalized spacial score (nSPS) is 10.6. The van der Waals surface area contributed by atoms with E-state index in [1.807, 2.05) is 0 Å². The van der Waals surface area contributed by atoms with Crippen molar-refractivity contribution in [3.63, 3.8) is 0 Å². The molecule has 1 aromatic carbocycles.